The smallest absolute Gasteiger partial charge is 0.291 e. The summed E-state index contributed by atoms with van der Waals surface area (Å²) >= 11 is 0. The van der Waals surface area contributed by atoms with E-state index in [0.29, 0.717) is 0 Å². The molecular formula is C5H14N6O3. The number of hydrogen-bond donors (Lipinski definition) is 4. The van der Waals surface area contributed by atoms with Gasteiger partial charge in [0, 0.05) is 13.6 Å². The molecular weight excluding hydrogens is 192 g/mol. The highest BCUT2D eigenvalue weighted by molar-refractivity contribution is 5.91. The molecule has 0 saturated heterocycles. The summed E-state index contributed by atoms with van der Waals surface area (Å²) in [5.41, 5.74) is 10.4. The predicted octanol–water partition coefficient (Wildman–Crippen LogP) is -1.20. The fourth-order valence-electron chi connectivity index (χ4n) is 0.371. The molecule has 14 heavy (non-hydrogen) atoms. The SMILES string of the molecule is CCN(C)/C(N)=N/C(=N)N.O=[N+]([O-])O. The molecule has 0 bridgehead atoms. The maximum Gasteiger partial charge on any atom is 0.291 e. The Labute approximate surface area is 80.6 Å². The van der Waals surface area contributed by atoms with Crippen LogP contribution in [0.5, 0.6) is 0 Å². The van der Waals surface area contributed by atoms with Crippen molar-refractivity contribution >= 4 is 11.9 Å². The van der Waals surface area contributed by atoms with Crippen LogP contribution in [-0.4, -0.2) is 40.7 Å². The minimum absolute atomic E-state index is 0.266. The third kappa shape index (κ3) is 12.6. The Balaban J connectivity index is 0. The molecule has 0 radical (unpaired) electrons. The van der Waals surface area contributed by atoms with Gasteiger partial charge in [-0.25, -0.2) is 0 Å². The number of rotatable bonds is 1. The lowest BCUT2D eigenvalue weighted by molar-refractivity contribution is -0.742. The molecule has 0 amide bonds. The molecule has 0 saturated carbocycles. The molecule has 0 spiro atoms. The van der Waals surface area contributed by atoms with Crippen molar-refractivity contribution in [2.45, 2.75) is 6.92 Å². The Bertz CT molecular complexity index is 224. The van der Waals surface area contributed by atoms with E-state index in [1.54, 1.807) is 11.9 Å². The number of nitrogens with two attached hydrogens (primary N) is 2. The molecule has 82 valence electrons. The Morgan fingerprint density at radius 3 is 2.29 bits per heavy atom. The van der Waals surface area contributed by atoms with E-state index >= 15 is 0 Å². The van der Waals surface area contributed by atoms with Gasteiger partial charge >= 0.3 is 0 Å². The maximum absolute atomic E-state index is 8.36. The Kier molecular flexibility index (Phi) is 7.83. The van der Waals surface area contributed by atoms with Gasteiger partial charge in [-0.3, -0.25) is 5.41 Å². The van der Waals surface area contributed by atoms with Gasteiger partial charge in [0.25, 0.3) is 5.09 Å². The van der Waals surface area contributed by atoms with Crippen LogP contribution in [0.15, 0.2) is 4.99 Å². The quantitative estimate of drug-likeness (QED) is 0.183. The summed E-state index contributed by atoms with van der Waals surface area (Å²) in [6.07, 6.45) is 0. The van der Waals surface area contributed by atoms with Crippen LogP contribution in [-0.2, 0) is 0 Å². The Morgan fingerprint density at radius 2 is 2.07 bits per heavy atom. The fourth-order valence-corrected chi connectivity index (χ4v) is 0.371. The first-order chi connectivity index (χ1) is 6.31. The number of nitrogens with one attached hydrogen (secondary N) is 1. The first-order valence-corrected chi connectivity index (χ1v) is 3.53. The highest BCUT2D eigenvalue weighted by Gasteiger charge is 1.96. The fraction of sp³-hybridized carbons (Fsp3) is 0.600. The zero-order valence-corrected chi connectivity index (χ0v) is 7.97. The van der Waals surface area contributed by atoms with Crippen LogP contribution in [0.3, 0.4) is 0 Å². The van der Waals surface area contributed by atoms with Crippen molar-refractivity contribution < 1.29 is 10.3 Å². The summed E-state index contributed by atoms with van der Waals surface area (Å²) in [7, 11) is 1.78. The van der Waals surface area contributed by atoms with E-state index in [2.05, 4.69) is 4.99 Å². The van der Waals surface area contributed by atoms with Crippen LogP contribution in [0, 0.1) is 15.5 Å². The molecule has 0 atom stereocenters. The topological polar surface area (TPSA) is 155 Å². The second kappa shape index (κ2) is 7.58. The molecule has 0 aromatic rings. The zero-order valence-electron chi connectivity index (χ0n) is 7.97. The van der Waals surface area contributed by atoms with Gasteiger partial charge in [-0.15, -0.1) is 10.1 Å². The molecule has 9 heteroatoms. The van der Waals surface area contributed by atoms with Gasteiger partial charge in [0.1, 0.15) is 0 Å². The second-order valence-electron chi connectivity index (χ2n) is 2.11. The molecule has 0 aromatic carbocycles. The molecule has 0 aliphatic carbocycles. The minimum Gasteiger partial charge on any atom is -0.369 e. The molecule has 0 aliphatic heterocycles. The van der Waals surface area contributed by atoms with Gasteiger partial charge in [-0.1, -0.05) is 0 Å². The van der Waals surface area contributed by atoms with Gasteiger partial charge in [-0.05, 0) is 6.92 Å². The maximum atomic E-state index is 8.36. The van der Waals surface area contributed by atoms with E-state index in [4.69, 9.17) is 32.2 Å². The third-order valence-corrected chi connectivity index (χ3v) is 1.10. The first kappa shape index (κ1) is 14.5. The van der Waals surface area contributed by atoms with Crippen LogP contribution in [0.4, 0.5) is 0 Å². The Morgan fingerprint density at radius 1 is 1.71 bits per heavy atom. The van der Waals surface area contributed by atoms with Crippen LogP contribution < -0.4 is 11.5 Å². The largest absolute Gasteiger partial charge is 0.369 e. The van der Waals surface area contributed by atoms with Gasteiger partial charge in [-0.2, -0.15) is 4.99 Å². The van der Waals surface area contributed by atoms with Gasteiger partial charge in [0.15, 0.2) is 5.96 Å². The van der Waals surface area contributed by atoms with Crippen LogP contribution >= 0.6 is 0 Å². The van der Waals surface area contributed by atoms with Crippen LogP contribution in [0.1, 0.15) is 6.92 Å². The zero-order chi connectivity index (χ0) is 11.7. The lowest BCUT2D eigenvalue weighted by atomic mass is 10.6. The minimum atomic E-state index is -1.50. The van der Waals surface area contributed by atoms with E-state index in [1.807, 2.05) is 6.92 Å². The lowest BCUT2D eigenvalue weighted by Gasteiger charge is -2.13. The summed E-state index contributed by atoms with van der Waals surface area (Å²) in [5.74, 6) is 0.00722. The second-order valence-corrected chi connectivity index (χ2v) is 2.11. The molecule has 0 aliphatic rings. The highest BCUT2D eigenvalue weighted by Crippen LogP contribution is 1.79. The number of nitrogens with zero attached hydrogens (tertiary/aromatic N) is 3. The number of aliphatic imine (C=N–C) groups is 1. The van der Waals surface area contributed by atoms with Gasteiger partial charge in [0.05, 0.1) is 0 Å². The van der Waals surface area contributed by atoms with E-state index in [0.717, 1.165) is 6.54 Å². The summed E-state index contributed by atoms with van der Waals surface area (Å²) in [6.45, 7) is 2.69. The summed E-state index contributed by atoms with van der Waals surface area (Å²) in [5, 5.41) is 20.4. The molecule has 0 heterocycles. The predicted molar refractivity (Wildman–Crippen MR) is 50.6 cm³/mol. The molecule has 9 nitrogen and oxygen atoms in total. The van der Waals surface area contributed by atoms with E-state index in [1.165, 1.54) is 0 Å². The molecule has 0 fully saturated rings. The number of guanidine groups is 2. The molecule has 6 N–H and O–H groups in total. The average Bonchev–Trinajstić information content (AvgIpc) is 2.00. The summed E-state index contributed by atoms with van der Waals surface area (Å²) < 4.78 is 0. The standard InChI is InChI=1S/C5H13N5.HNO3/c1-3-10(2)5(8)9-4(6)7;2-1(3)4/h3H2,1-2H3,(H5,6,7,8,9);(H,2,3,4). The van der Waals surface area contributed by atoms with Crippen molar-refractivity contribution in [3.63, 3.8) is 0 Å². The normalized spacial score (nSPS) is 9.71. The molecule has 0 unspecified atom stereocenters. The molecule has 0 aromatic heterocycles. The lowest BCUT2D eigenvalue weighted by Crippen LogP contribution is -2.35. The molecule has 0 rings (SSSR count). The van der Waals surface area contributed by atoms with Crippen molar-refractivity contribution in [2.24, 2.45) is 16.5 Å². The van der Waals surface area contributed by atoms with Crippen molar-refractivity contribution in [2.75, 3.05) is 13.6 Å². The van der Waals surface area contributed by atoms with Crippen molar-refractivity contribution in [1.82, 2.24) is 4.90 Å². The Hall–Kier alpha value is -2.06. The van der Waals surface area contributed by atoms with E-state index in [-0.39, 0.29) is 11.9 Å². The van der Waals surface area contributed by atoms with Crippen molar-refractivity contribution in [1.29, 1.82) is 5.41 Å². The van der Waals surface area contributed by atoms with Crippen molar-refractivity contribution in [3.05, 3.63) is 10.1 Å². The first-order valence-electron chi connectivity index (χ1n) is 3.53. The highest BCUT2D eigenvalue weighted by atomic mass is 16.9. The van der Waals surface area contributed by atoms with Gasteiger partial charge < -0.3 is 21.6 Å². The van der Waals surface area contributed by atoms with E-state index in [9.17, 15) is 0 Å². The third-order valence-electron chi connectivity index (χ3n) is 1.10. The van der Waals surface area contributed by atoms with Crippen LogP contribution in [0.25, 0.3) is 0 Å². The summed E-state index contributed by atoms with van der Waals surface area (Å²) in [4.78, 5) is 13.6. The van der Waals surface area contributed by atoms with Crippen LogP contribution in [0.2, 0.25) is 0 Å². The average molecular weight is 206 g/mol. The van der Waals surface area contributed by atoms with Gasteiger partial charge in [0.2, 0.25) is 5.96 Å². The summed E-state index contributed by atoms with van der Waals surface area (Å²) in [6, 6.07) is 0. The number of hydrogen-bond acceptors (Lipinski definition) is 3. The monoisotopic (exact) mass is 206 g/mol. The van der Waals surface area contributed by atoms with E-state index < -0.39 is 5.09 Å². The van der Waals surface area contributed by atoms with Crippen molar-refractivity contribution in [3.8, 4) is 0 Å².